The van der Waals surface area contributed by atoms with Crippen molar-refractivity contribution in [1.29, 1.82) is 0 Å². The third-order valence-corrected chi connectivity index (χ3v) is 4.88. The summed E-state index contributed by atoms with van der Waals surface area (Å²) in [6, 6.07) is 3.43. The fourth-order valence-corrected chi connectivity index (χ4v) is 3.48. The van der Waals surface area contributed by atoms with Crippen molar-refractivity contribution in [3.63, 3.8) is 0 Å². The van der Waals surface area contributed by atoms with E-state index < -0.39 is 32.7 Å². The number of hydrogen-bond donors (Lipinski definition) is 2. The standard InChI is InChI=1S/C12H16N2O6S/c1-8(6-11(13)12(15)16)7-21(19,20)10-4-2-9(3-5-10)14(17)18/h2-5,8,11H,6-7,13H2,1H3,(H,15,16)/t8?,11-/m0/s1. The van der Waals surface area contributed by atoms with Gasteiger partial charge in [0.2, 0.25) is 0 Å². The molecule has 0 fully saturated rings. The number of benzene rings is 1. The Hall–Kier alpha value is -2.00. The predicted molar refractivity (Wildman–Crippen MR) is 74.5 cm³/mol. The molecule has 0 spiro atoms. The SMILES string of the molecule is CC(C[C@H](N)C(=O)O)CS(=O)(=O)c1ccc([N+](=O)[O-])cc1. The van der Waals surface area contributed by atoms with E-state index >= 15 is 0 Å². The Morgan fingerprint density at radius 1 is 1.38 bits per heavy atom. The lowest BCUT2D eigenvalue weighted by Crippen LogP contribution is -2.33. The van der Waals surface area contributed by atoms with Gasteiger partial charge in [-0.2, -0.15) is 0 Å². The average Bonchev–Trinajstić information content (AvgIpc) is 2.37. The van der Waals surface area contributed by atoms with E-state index in [0.717, 1.165) is 24.3 Å². The lowest BCUT2D eigenvalue weighted by Gasteiger charge is -2.14. The van der Waals surface area contributed by atoms with Crippen LogP contribution in [-0.4, -0.2) is 36.2 Å². The molecular formula is C12H16N2O6S. The summed E-state index contributed by atoms with van der Waals surface area (Å²) in [6.45, 7) is 1.59. The second-order valence-electron chi connectivity index (χ2n) is 4.82. The minimum Gasteiger partial charge on any atom is -0.480 e. The molecule has 21 heavy (non-hydrogen) atoms. The molecule has 0 radical (unpaired) electrons. The number of carbonyl (C=O) groups is 1. The van der Waals surface area contributed by atoms with Gasteiger partial charge < -0.3 is 10.8 Å². The number of nitrogens with zero attached hydrogens (tertiary/aromatic N) is 1. The molecule has 2 atom stereocenters. The first kappa shape index (κ1) is 17.1. The van der Waals surface area contributed by atoms with Crippen molar-refractivity contribution in [3.8, 4) is 0 Å². The Balaban J connectivity index is 2.81. The van der Waals surface area contributed by atoms with E-state index in [4.69, 9.17) is 10.8 Å². The fourth-order valence-electron chi connectivity index (χ4n) is 1.85. The van der Waals surface area contributed by atoms with Crippen molar-refractivity contribution in [2.45, 2.75) is 24.3 Å². The minimum atomic E-state index is -3.64. The number of carboxylic acid groups (broad SMARTS) is 1. The number of nitro benzene ring substituents is 1. The van der Waals surface area contributed by atoms with Gasteiger partial charge in [-0.1, -0.05) is 6.92 Å². The molecule has 0 saturated heterocycles. The maximum atomic E-state index is 12.1. The molecule has 0 heterocycles. The Morgan fingerprint density at radius 2 is 1.90 bits per heavy atom. The van der Waals surface area contributed by atoms with Crippen LogP contribution >= 0.6 is 0 Å². The summed E-state index contributed by atoms with van der Waals surface area (Å²) in [4.78, 5) is 20.5. The van der Waals surface area contributed by atoms with Gasteiger partial charge in [0.15, 0.2) is 9.84 Å². The van der Waals surface area contributed by atoms with Crippen molar-refractivity contribution in [3.05, 3.63) is 34.4 Å². The van der Waals surface area contributed by atoms with Gasteiger partial charge in [-0.25, -0.2) is 8.42 Å². The highest BCUT2D eigenvalue weighted by Gasteiger charge is 2.23. The second-order valence-corrected chi connectivity index (χ2v) is 6.85. The van der Waals surface area contributed by atoms with Crippen LogP contribution in [0.25, 0.3) is 0 Å². The van der Waals surface area contributed by atoms with Crippen LogP contribution in [0.3, 0.4) is 0 Å². The van der Waals surface area contributed by atoms with Gasteiger partial charge in [0.05, 0.1) is 15.6 Å². The molecular weight excluding hydrogens is 300 g/mol. The van der Waals surface area contributed by atoms with E-state index in [9.17, 15) is 23.3 Å². The zero-order valence-electron chi connectivity index (χ0n) is 11.3. The first-order chi connectivity index (χ1) is 9.63. The van der Waals surface area contributed by atoms with Gasteiger partial charge in [0.1, 0.15) is 6.04 Å². The minimum absolute atomic E-state index is 0.0293. The summed E-state index contributed by atoms with van der Waals surface area (Å²) in [5.41, 5.74) is 5.16. The van der Waals surface area contributed by atoms with E-state index in [2.05, 4.69) is 0 Å². The van der Waals surface area contributed by atoms with Gasteiger partial charge in [-0.3, -0.25) is 14.9 Å². The third-order valence-electron chi connectivity index (χ3n) is 2.88. The lowest BCUT2D eigenvalue weighted by molar-refractivity contribution is -0.384. The van der Waals surface area contributed by atoms with Crippen LogP contribution in [0.1, 0.15) is 13.3 Å². The number of nitro groups is 1. The molecule has 1 aromatic carbocycles. The Labute approximate surface area is 121 Å². The highest BCUT2D eigenvalue weighted by Crippen LogP contribution is 2.20. The van der Waals surface area contributed by atoms with E-state index in [0.29, 0.717) is 0 Å². The smallest absolute Gasteiger partial charge is 0.320 e. The molecule has 1 unspecified atom stereocenters. The molecule has 0 aliphatic heterocycles. The maximum absolute atomic E-state index is 12.1. The molecule has 1 rings (SSSR count). The molecule has 8 nitrogen and oxygen atoms in total. The zero-order chi connectivity index (χ0) is 16.2. The number of rotatable bonds is 7. The van der Waals surface area contributed by atoms with E-state index in [1.165, 1.54) is 0 Å². The maximum Gasteiger partial charge on any atom is 0.320 e. The van der Waals surface area contributed by atoms with Gasteiger partial charge in [-0.05, 0) is 24.5 Å². The summed E-state index contributed by atoms with van der Waals surface area (Å²) in [5.74, 6) is -1.91. The van der Waals surface area contributed by atoms with Crippen molar-refractivity contribution < 1.29 is 23.2 Å². The third kappa shape index (κ3) is 4.80. The second kappa shape index (κ2) is 6.64. The molecule has 0 aliphatic rings. The summed E-state index contributed by atoms with van der Waals surface area (Å²) >= 11 is 0. The van der Waals surface area contributed by atoms with Crippen molar-refractivity contribution in [2.75, 3.05) is 5.75 Å². The van der Waals surface area contributed by atoms with Crippen LogP contribution < -0.4 is 5.73 Å². The molecule has 116 valence electrons. The van der Waals surface area contributed by atoms with Gasteiger partial charge in [0.25, 0.3) is 5.69 Å². The Kier molecular flexibility index (Phi) is 5.39. The molecule has 0 aliphatic carbocycles. The normalized spacial score (nSPS) is 14.4. The topological polar surface area (TPSA) is 141 Å². The number of nitrogens with two attached hydrogens (primary N) is 1. The predicted octanol–water partition coefficient (Wildman–Crippen LogP) is 0.807. The fraction of sp³-hybridized carbons (Fsp3) is 0.417. The van der Waals surface area contributed by atoms with E-state index in [1.54, 1.807) is 6.92 Å². The molecule has 0 amide bonds. The number of non-ortho nitro benzene ring substituents is 1. The molecule has 1 aromatic rings. The van der Waals surface area contributed by atoms with Crippen molar-refractivity contribution in [2.24, 2.45) is 11.7 Å². The highest BCUT2D eigenvalue weighted by molar-refractivity contribution is 7.91. The molecule has 0 aromatic heterocycles. The zero-order valence-corrected chi connectivity index (χ0v) is 12.1. The van der Waals surface area contributed by atoms with Gasteiger partial charge in [0, 0.05) is 12.1 Å². The van der Waals surface area contributed by atoms with Gasteiger partial charge in [-0.15, -0.1) is 0 Å². The van der Waals surface area contributed by atoms with Gasteiger partial charge >= 0.3 is 5.97 Å². The molecule has 0 saturated carbocycles. The molecule has 9 heteroatoms. The number of hydrogen-bond acceptors (Lipinski definition) is 6. The molecule has 0 bridgehead atoms. The summed E-state index contributed by atoms with van der Waals surface area (Å²) < 4.78 is 24.2. The molecule has 3 N–H and O–H groups in total. The van der Waals surface area contributed by atoms with Crippen LogP contribution in [0.5, 0.6) is 0 Å². The number of carboxylic acids is 1. The van der Waals surface area contributed by atoms with Crippen LogP contribution in [0, 0.1) is 16.0 Å². The summed E-state index contributed by atoms with van der Waals surface area (Å²) in [5, 5.41) is 19.2. The van der Waals surface area contributed by atoms with Crippen molar-refractivity contribution >= 4 is 21.5 Å². The van der Waals surface area contributed by atoms with Crippen molar-refractivity contribution in [1.82, 2.24) is 0 Å². The summed E-state index contributed by atoms with van der Waals surface area (Å²) in [7, 11) is -3.64. The van der Waals surface area contributed by atoms with Crippen LogP contribution in [0.2, 0.25) is 0 Å². The number of aliphatic carboxylic acids is 1. The quantitative estimate of drug-likeness (QED) is 0.560. The largest absolute Gasteiger partial charge is 0.480 e. The number of sulfone groups is 1. The Morgan fingerprint density at radius 3 is 2.33 bits per heavy atom. The Bertz CT molecular complexity index is 626. The van der Waals surface area contributed by atoms with Crippen LogP contribution in [0.4, 0.5) is 5.69 Å². The summed E-state index contributed by atoms with van der Waals surface area (Å²) in [6.07, 6.45) is 0.0293. The highest BCUT2D eigenvalue weighted by atomic mass is 32.2. The lowest BCUT2D eigenvalue weighted by atomic mass is 10.0. The monoisotopic (exact) mass is 316 g/mol. The van der Waals surface area contributed by atoms with E-state index in [1.807, 2.05) is 0 Å². The van der Waals surface area contributed by atoms with E-state index in [-0.39, 0.29) is 22.8 Å². The first-order valence-electron chi connectivity index (χ1n) is 6.09. The first-order valence-corrected chi connectivity index (χ1v) is 7.74. The van der Waals surface area contributed by atoms with Crippen LogP contribution in [0.15, 0.2) is 29.2 Å². The average molecular weight is 316 g/mol. The van der Waals surface area contributed by atoms with Crippen LogP contribution in [-0.2, 0) is 14.6 Å².